The van der Waals surface area contributed by atoms with Gasteiger partial charge in [-0.05, 0) is 31.2 Å². The summed E-state index contributed by atoms with van der Waals surface area (Å²) in [5.41, 5.74) is 3.19. The Kier molecular flexibility index (Phi) is 7.14. The van der Waals surface area contributed by atoms with E-state index in [-0.39, 0.29) is 10.6 Å². The van der Waals surface area contributed by atoms with Crippen LogP contribution in [0.2, 0.25) is 0 Å². The predicted molar refractivity (Wildman–Crippen MR) is 105 cm³/mol. The van der Waals surface area contributed by atoms with Crippen molar-refractivity contribution in [1.29, 1.82) is 0 Å². The molecule has 0 unspecified atom stereocenters. The van der Waals surface area contributed by atoms with Gasteiger partial charge in [0.25, 0.3) is 0 Å². The summed E-state index contributed by atoms with van der Waals surface area (Å²) in [6.45, 7) is 6.64. The number of anilines is 1. The monoisotopic (exact) mass is 392 g/mol. The molecule has 1 heterocycles. The maximum Gasteiger partial charge on any atom is 0.244 e. The maximum atomic E-state index is 12.4. The fourth-order valence-corrected chi connectivity index (χ4v) is 3.80. The molecule has 0 atom stereocenters. The molecule has 0 saturated carbocycles. The van der Waals surface area contributed by atoms with E-state index < -0.39 is 10.0 Å². The van der Waals surface area contributed by atoms with Crippen LogP contribution in [0.25, 0.3) is 0 Å². The van der Waals surface area contributed by atoms with E-state index in [9.17, 15) is 13.5 Å². The van der Waals surface area contributed by atoms with Gasteiger partial charge in [0.05, 0.1) is 12.8 Å². The summed E-state index contributed by atoms with van der Waals surface area (Å²) in [4.78, 5) is 4.21. The number of phenolic OH excluding ortho intramolecular Hbond substituents is 1. The van der Waals surface area contributed by atoms with Gasteiger partial charge >= 0.3 is 0 Å². The van der Waals surface area contributed by atoms with Gasteiger partial charge in [0.15, 0.2) is 11.5 Å². The molecule has 8 nitrogen and oxygen atoms in total. The van der Waals surface area contributed by atoms with Gasteiger partial charge in [0.1, 0.15) is 10.7 Å². The number of nitrogens with one attached hydrogen (secondary N) is 1. The second kappa shape index (κ2) is 9.33. The highest BCUT2D eigenvalue weighted by Crippen LogP contribution is 2.28. The van der Waals surface area contributed by atoms with Crippen LogP contribution in [0.1, 0.15) is 26.3 Å². The van der Waals surface area contributed by atoms with Crippen molar-refractivity contribution in [2.75, 3.05) is 25.1 Å². The highest BCUT2D eigenvalue weighted by atomic mass is 32.2. The van der Waals surface area contributed by atoms with Gasteiger partial charge in [0.2, 0.25) is 10.0 Å². The smallest absolute Gasteiger partial charge is 0.244 e. The molecule has 0 aliphatic heterocycles. The number of pyridine rings is 1. The largest absolute Gasteiger partial charge is 0.504 e. The Labute approximate surface area is 159 Å². The zero-order valence-corrected chi connectivity index (χ0v) is 16.4. The SMILES string of the molecule is CCOc1cccc(/C=N/Nc2ccc(S(=O)(=O)N(CC)CC)cn2)c1O. The molecule has 27 heavy (non-hydrogen) atoms. The first kappa shape index (κ1) is 20.7. The number of benzene rings is 1. The first-order chi connectivity index (χ1) is 12.9. The minimum atomic E-state index is -3.54. The van der Waals surface area contributed by atoms with Gasteiger partial charge < -0.3 is 9.84 Å². The molecule has 0 amide bonds. The van der Waals surface area contributed by atoms with Crippen molar-refractivity contribution in [2.45, 2.75) is 25.7 Å². The van der Waals surface area contributed by atoms with Gasteiger partial charge in [0, 0.05) is 24.8 Å². The molecule has 0 fully saturated rings. The number of hydrogen-bond acceptors (Lipinski definition) is 7. The highest BCUT2D eigenvalue weighted by molar-refractivity contribution is 7.89. The average molecular weight is 392 g/mol. The molecule has 0 radical (unpaired) electrons. The number of hydrogen-bond donors (Lipinski definition) is 2. The summed E-state index contributed by atoms with van der Waals surface area (Å²) < 4.78 is 31.5. The van der Waals surface area contributed by atoms with Gasteiger partial charge in [-0.25, -0.2) is 13.4 Å². The van der Waals surface area contributed by atoms with Crippen LogP contribution in [0.3, 0.4) is 0 Å². The number of aromatic hydroxyl groups is 1. The van der Waals surface area contributed by atoms with Crippen molar-refractivity contribution in [3.05, 3.63) is 42.1 Å². The molecule has 0 saturated heterocycles. The van der Waals surface area contributed by atoms with E-state index in [1.807, 2.05) is 6.92 Å². The molecule has 2 N–H and O–H groups in total. The lowest BCUT2D eigenvalue weighted by molar-refractivity contribution is 0.318. The van der Waals surface area contributed by atoms with Crippen molar-refractivity contribution in [2.24, 2.45) is 5.10 Å². The lowest BCUT2D eigenvalue weighted by Gasteiger charge is -2.18. The predicted octanol–water partition coefficient (Wildman–Crippen LogP) is 2.66. The first-order valence-corrected chi connectivity index (χ1v) is 10.1. The first-order valence-electron chi connectivity index (χ1n) is 8.64. The number of hydrazone groups is 1. The zero-order chi connectivity index (χ0) is 19.9. The van der Waals surface area contributed by atoms with E-state index in [1.165, 1.54) is 28.8 Å². The Bertz CT molecular complexity index is 879. The minimum Gasteiger partial charge on any atom is -0.504 e. The Morgan fingerprint density at radius 3 is 2.56 bits per heavy atom. The van der Waals surface area contributed by atoms with Crippen molar-refractivity contribution >= 4 is 22.1 Å². The number of para-hydroxylation sites is 1. The number of aromatic nitrogens is 1. The second-order valence-electron chi connectivity index (χ2n) is 5.47. The van der Waals surface area contributed by atoms with Crippen LogP contribution in [0.4, 0.5) is 5.82 Å². The van der Waals surface area contributed by atoms with E-state index in [0.717, 1.165) is 0 Å². The van der Waals surface area contributed by atoms with E-state index in [4.69, 9.17) is 4.74 Å². The van der Waals surface area contributed by atoms with Gasteiger partial charge in [-0.1, -0.05) is 19.9 Å². The van der Waals surface area contributed by atoms with Crippen molar-refractivity contribution in [1.82, 2.24) is 9.29 Å². The van der Waals surface area contributed by atoms with Crippen molar-refractivity contribution in [3.8, 4) is 11.5 Å². The van der Waals surface area contributed by atoms with Crippen molar-refractivity contribution in [3.63, 3.8) is 0 Å². The molecule has 2 rings (SSSR count). The summed E-state index contributed by atoms with van der Waals surface area (Å²) in [6, 6.07) is 8.11. The average Bonchev–Trinajstić information content (AvgIpc) is 2.66. The molecule has 0 aliphatic rings. The molecular weight excluding hydrogens is 368 g/mol. The lowest BCUT2D eigenvalue weighted by Crippen LogP contribution is -2.30. The van der Waals surface area contributed by atoms with E-state index in [0.29, 0.717) is 36.8 Å². The quantitative estimate of drug-likeness (QED) is 0.502. The van der Waals surface area contributed by atoms with Crippen LogP contribution in [0, 0.1) is 0 Å². The molecule has 1 aromatic heterocycles. The number of ether oxygens (including phenoxy) is 1. The molecule has 146 valence electrons. The summed E-state index contributed by atoms with van der Waals surface area (Å²) >= 11 is 0. The van der Waals surface area contributed by atoms with E-state index in [2.05, 4.69) is 15.5 Å². The molecule has 2 aromatic rings. The molecule has 9 heteroatoms. The zero-order valence-electron chi connectivity index (χ0n) is 15.6. The summed E-state index contributed by atoms with van der Waals surface area (Å²) in [5, 5.41) is 14.1. The molecule has 0 aliphatic carbocycles. The molecule has 1 aromatic carbocycles. The Morgan fingerprint density at radius 1 is 1.22 bits per heavy atom. The number of nitrogens with zero attached hydrogens (tertiary/aromatic N) is 3. The van der Waals surface area contributed by atoms with Gasteiger partial charge in [-0.2, -0.15) is 9.41 Å². The second-order valence-corrected chi connectivity index (χ2v) is 7.40. The summed E-state index contributed by atoms with van der Waals surface area (Å²) in [7, 11) is -3.54. The van der Waals surface area contributed by atoms with Crippen LogP contribution in [0.15, 0.2) is 46.5 Å². The van der Waals surface area contributed by atoms with Crippen LogP contribution < -0.4 is 10.2 Å². The third kappa shape index (κ3) is 4.95. The third-order valence-electron chi connectivity index (χ3n) is 3.79. The summed E-state index contributed by atoms with van der Waals surface area (Å²) in [5.74, 6) is 0.759. The normalized spacial score (nSPS) is 11.9. The van der Waals surface area contributed by atoms with E-state index >= 15 is 0 Å². The third-order valence-corrected chi connectivity index (χ3v) is 5.83. The molecular formula is C18H24N4O4S. The molecule has 0 bridgehead atoms. The maximum absolute atomic E-state index is 12.4. The van der Waals surface area contributed by atoms with Crippen LogP contribution in [-0.2, 0) is 10.0 Å². The molecule has 0 spiro atoms. The van der Waals surface area contributed by atoms with Gasteiger partial charge in [-0.15, -0.1) is 0 Å². The Hall–Kier alpha value is -2.65. The van der Waals surface area contributed by atoms with E-state index in [1.54, 1.807) is 32.0 Å². The van der Waals surface area contributed by atoms with Crippen LogP contribution in [0.5, 0.6) is 11.5 Å². The topological polar surface area (TPSA) is 104 Å². The summed E-state index contributed by atoms with van der Waals surface area (Å²) in [6.07, 6.45) is 2.72. The highest BCUT2D eigenvalue weighted by Gasteiger charge is 2.21. The Morgan fingerprint density at radius 2 is 1.96 bits per heavy atom. The lowest BCUT2D eigenvalue weighted by atomic mass is 10.2. The number of sulfonamides is 1. The Balaban J connectivity index is 2.10. The van der Waals surface area contributed by atoms with Crippen molar-refractivity contribution < 1.29 is 18.3 Å². The van der Waals surface area contributed by atoms with Crippen LogP contribution >= 0.6 is 0 Å². The number of rotatable bonds is 9. The minimum absolute atomic E-state index is 0.00137. The van der Waals surface area contributed by atoms with Gasteiger partial charge in [-0.3, -0.25) is 5.43 Å². The number of phenols is 1. The fourth-order valence-electron chi connectivity index (χ4n) is 2.40. The fraction of sp³-hybridized carbons (Fsp3) is 0.333. The van der Waals surface area contributed by atoms with Crippen LogP contribution in [-0.4, -0.2) is 48.7 Å². The standard InChI is InChI=1S/C18H24N4O4S/c1-4-22(5-2)27(24,25)15-10-11-17(19-13-15)21-20-12-14-8-7-9-16(18(14)23)26-6-3/h7-13,23H,4-6H2,1-3H3,(H,19,21)/b20-12+.